The summed E-state index contributed by atoms with van der Waals surface area (Å²) in [4.78, 5) is 32.3. The van der Waals surface area contributed by atoms with Crippen molar-refractivity contribution in [1.82, 2.24) is 20.9 Å². The number of phenolic OH excluding ortho intramolecular Hbond substituents is 1. The highest BCUT2D eigenvalue weighted by Crippen LogP contribution is 2.66. The molecule has 376 valence electrons. The summed E-state index contributed by atoms with van der Waals surface area (Å²) in [7, 11) is 1.53. The van der Waals surface area contributed by atoms with Gasteiger partial charge >= 0.3 is 0 Å². The predicted octanol–water partition coefficient (Wildman–Crippen LogP) is 7.84. The second-order valence-electron chi connectivity index (χ2n) is 22.8. The summed E-state index contributed by atoms with van der Waals surface area (Å²) in [5, 5.41) is 49.2. The average Bonchev–Trinajstić information content (AvgIpc) is 3.85. The Morgan fingerprint density at radius 2 is 1.89 bits per heavy atom. The van der Waals surface area contributed by atoms with Crippen LogP contribution in [0.5, 0.6) is 11.5 Å². The van der Waals surface area contributed by atoms with Crippen molar-refractivity contribution >= 4 is 28.4 Å². The molecule has 0 amide bonds. The first-order valence-corrected chi connectivity index (χ1v) is 27.1. The minimum absolute atomic E-state index is 0.00939. The summed E-state index contributed by atoms with van der Waals surface area (Å²) in [5.74, 6) is 10.6. The molecule has 15 atom stereocenters. The van der Waals surface area contributed by atoms with Gasteiger partial charge in [0.1, 0.15) is 11.2 Å². The van der Waals surface area contributed by atoms with Crippen LogP contribution in [0.4, 0.5) is 0 Å². The number of H-pyrrole nitrogens is 1. The number of ether oxygens (including phenoxy) is 1. The number of aromatic hydroxyl groups is 1. The Labute approximate surface area is 423 Å². The molecule has 8 aliphatic rings. The summed E-state index contributed by atoms with van der Waals surface area (Å²) in [6.45, 7) is 5.46. The van der Waals surface area contributed by atoms with Gasteiger partial charge in [-0.2, -0.15) is 0 Å². The number of piperidine rings is 1. The molecule has 0 unspecified atom stereocenters. The quantitative estimate of drug-likeness (QED) is 0.0652. The van der Waals surface area contributed by atoms with Crippen LogP contribution in [0.25, 0.3) is 16.8 Å². The highest BCUT2D eigenvalue weighted by atomic mass is 16.5. The number of dihydropyridines is 1. The van der Waals surface area contributed by atoms with Crippen LogP contribution in [-0.4, -0.2) is 83.4 Å². The third-order valence-electron chi connectivity index (χ3n) is 19.3. The van der Waals surface area contributed by atoms with Crippen LogP contribution in [-0.2, 0) is 16.0 Å². The third-order valence-corrected chi connectivity index (χ3v) is 19.3. The predicted molar refractivity (Wildman–Crippen MR) is 280 cm³/mol. The number of hydrogen-bond donors (Lipinski definition) is 8. The smallest absolute Gasteiger partial charge is 0.160 e. The lowest BCUT2D eigenvalue weighted by Gasteiger charge is -2.62. The van der Waals surface area contributed by atoms with E-state index in [1.807, 2.05) is 24.3 Å². The summed E-state index contributed by atoms with van der Waals surface area (Å²) in [6, 6.07) is 18.6. The Hall–Kier alpha value is -5.64. The molecule has 0 bridgehead atoms. The number of Topliss-reactive ketones (excluding diaryl/α,β-unsaturated/α-hetero) is 2. The maximum atomic E-state index is 14.9. The van der Waals surface area contributed by atoms with Gasteiger partial charge in [-0.05, 0) is 169 Å². The van der Waals surface area contributed by atoms with Crippen molar-refractivity contribution in [2.75, 3.05) is 33.3 Å². The topological polar surface area (TPSA) is 182 Å². The van der Waals surface area contributed by atoms with Gasteiger partial charge in [-0.1, -0.05) is 79.5 Å². The number of benzene rings is 3. The van der Waals surface area contributed by atoms with E-state index in [-0.39, 0.29) is 47.7 Å². The highest BCUT2D eigenvalue weighted by molar-refractivity contribution is 5.90. The van der Waals surface area contributed by atoms with Crippen molar-refractivity contribution in [3.05, 3.63) is 124 Å². The number of aromatic amines is 1. The first-order valence-electron chi connectivity index (χ1n) is 27.1. The Morgan fingerprint density at radius 3 is 2.71 bits per heavy atom. The number of fused-ring (bicyclic) bond motifs is 3. The zero-order valence-corrected chi connectivity index (χ0v) is 41.7. The van der Waals surface area contributed by atoms with Crippen LogP contribution in [0.1, 0.15) is 122 Å². The fourth-order valence-corrected chi connectivity index (χ4v) is 16.0. The number of aromatic nitrogens is 1. The molecule has 11 nitrogen and oxygen atoms in total. The molecule has 72 heavy (non-hydrogen) atoms. The minimum atomic E-state index is -1.23. The van der Waals surface area contributed by atoms with Gasteiger partial charge in [0, 0.05) is 66.9 Å². The molecule has 3 heterocycles. The van der Waals surface area contributed by atoms with E-state index in [1.165, 1.54) is 23.9 Å². The monoisotopic (exact) mass is 970 g/mol. The number of allylic oxidation sites excluding steroid dienone is 3. The molecule has 4 aromatic rings. The van der Waals surface area contributed by atoms with Crippen molar-refractivity contribution in [2.45, 2.75) is 113 Å². The summed E-state index contributed by atoms with van der Waals surface area (Å²) < 4.78 is 5.59. The van der Waals surface area contributed by atoms with Crippen LogP contribution >= 0.6 is 0 Å². The van der Waals surface area contributed by atoms with Crippen molar-refractivity contribution in [3.8, 4) is 23.3 Å². The number of nitrogens with two attached hydrogens (primary N) is 1. The molecule has 2 aliphatic heterocycles. The van der Waals surface area contributed by atoms with Gasteiger partial charge in [-0.15, -0.1) is 0 Å². The zero-order chi connectivity index (χ0) is 49.4. The number of hydrogen-bond acceptors (Lipinski definition) is 10. The van der Waals surface area contributed by atoms with Crippen LogP contribution in [0.2, 0.25) is 0 Å². The summed E-state index contributed by atoms with van der Waals surface area (Å²) in [6.07, 6.45) is 14.5. The van der Waals surface area contributed by atoms with E-state index in [0.717, 1.165) is 65.5 Å². The minimum Gasteiger partial charge on any atom is -0.504 e. The largest absolute Gasteiger partial charge is 0.504 e. The van der Waals surface area contributed by atoms with Gasteiger partial charge in [0.05, 0.1) is 25.1 Å². The standard InChI is InChI=1S/C61H71N5O6/c1-3-63-32-47-46(23-41-31-65-48-29-49(68)43-14-11-40-30-66-60-56(40)57(43)59(48)55(41)58(47)60)38-17-20-61(53(71)25-38)19-16-34(45-28-50(69)51(72-2)24-37(45)12-15-52(61)70)10-13-42(67)27-44(39-18-21-64-54(62)26-39)36-9-8-33-6-4-5-7-35(33)22-36/h4-9,11,14,18,22,24,26,28,30,34,38,41-44,46-48,53,55,57-59,63-67,69,71H,3,10,12-13,15,17,20-21,23,25,27,29,31-32,62H2,1-2H3/t34-,38-,41+,42-,43-,44-,46+,47+,48+,53+,55-,57+,58+,59+,61+/m0/s1. The zero-order valence-electron chi connectivity index (χ0n) is 41.7. The second kappa shape index (κ2) is 19.0. The average molecular weight is 970 g/mol. The number of rotatable bonds is 12. The van der Waals surface area contributed by atoms with Gasteiger partial charge in [-0.3, -0.25) is 9.59 Å². The molecule has 1 aromatic heterocycles. The van der Waals surface area contributed by atoms with Crippen molar-refractivity contribution in [2.24, 2.45) is 52.6 Å². The van der Waals surface area contributed by atoms with Gasteiger partial charge < -0.3 is 46.7 Å². The number of carbonyl (C=O) groups is 2. The first kappa shape index (κ1) is 47.4. The van der Waals surface area contributed by atoms with Crippen molar-refractivity contribution in [1.29, 1.82) is 0 Å². The molecule has 1 spiro atoms. The molecule has 3 aromatic carbocycles. The molecular weight excluding hydrogens is 899 g/mol. The number of nitrogens with one attached hydrogen (secondary N) is 4. The molecule has 0 radical (unpaired) electrons. The highest BCUT2D eigenvalue weighted by Gasteiger charge is 2.63. The molecule has 6 aliphatic carbocycles. The Morgan fingerprint density at radius 1 is 1.03 bits per heavy atom. The van der Waals surface area contributed by atoms with E-state index in [9.17, 15) is 24.9 Å². The number of aliphatic hydroxyl groups excluding tert-OH is 2. The SMILES string of the molecule is CCNC[C@@H]1[C@@H]([C@H]2CC[C@@]3(C#C[C@H](CC[C@H](O)C[C@H](C4=CCNC(N)=C4)c4ccc5ccccc5c4)c4cc(O)c(OC)cc4CCC3=O)[C@H](O)C2)C[C@@H]2CN[C@@H]3CC(=O)[C@@H]4C=Cc5c[nH]c6c5[C@@H]4[C@H]3[C@@H]2[C@H]61. The molecule has 11 heteroatoms. The molecule has 1 saturated heterocycles. The third kappa shape index (κ3) is 8.03. The fourth-order valence-electron chi connectivity index (χ4n) is 16.0. The maximum Gasteiger partial charge on any atom is 0.160 e. The number of phenols is 1. The normalized spacial score (nSPS) is 33.9. The van der Waals surface area contributed by atoms with E-state index in [0.29, 0.717) is 104 Å². The lowest BCUT2D eigenvalue weighted by Crippen LogP contribution is -2.64. The molecule has 12 rings (SSSR count). The molecular formula is C61H71N5O6. The number of aryl methyl sites for hydroxylation is 1. The Kier molecular flexibility index (Phi) is 12.5. The number of aliphatic hydroxyl groups is 2. The van der Waals surface area contributed by atoms with Crippen LogP contribution in [0, 0.1) is 58.7 Å². The summed E-state index contributed by atoms with van der Waals surface area (Å²) in [5.41, 5.74) is 12.9. The number of ketones is 2. The van der Waals surface area contributed by atoms with E-state index >= 15 is 0 Å². The van der Waals surface area contributed by atoms with E-state index in [4.69, 9.17) is 10.5 Å². The van der Waals surface area contributed by atoms with E-state index in [1.54, 1.807) is 6.07 Å². The molecule has 3 saturated carbocycles. The van der Waals surface area contributed by atoms with Crippen LogP contribution in [0.3, 0.4) is 0 Å². The van der Waals surface area contributed by atoms with Crippen LogP contribution in [0.15, 0.2) is 90.4 Å². The van der Waals surface area contributed by atoms with Crippen molar-refractivity contribution in [3.63, 3.8) is 0 Å². The Bertz CT molecular complexity index is 2940. The summed E-state index contributed by atoms with van der Waals surface area (Å²) >= 11 is 0. The van der Waals surface area contributed by atoms with E-state index in [2.05, 4.69) is 94.5 Å². The second-order valence-corrected chi connectivity index (χ2v) is 22.8. The Balaban J connectivity index is 0.832. The first-order chi connectivity index (χ1) is 35.0. The van der Waals surface area contributed by atoms with Gasteiger partial charge in [0.15, 0.2) is 17.3 Å². The lowest BCUT2D eigenvalue weighted by atomic mass is 9.44. The van der Waals surface area contributed by atoms with Gasteiger partial charge in [0.25, 0.3) is 0 Å². The van der Waals surface area contributed by atoms with Gasteiger partial charge in [0.2, 0.25) is 0 Å². The van der Waals surface area contributed by atoms with Crippen molar-refractivity contribution < 1.29 is 29.6 Å². The van der Waals surface area contributed by atoms with E-state index < -0.39 is 23.5 Å². The van der Waals surface area contributed by atoms with Gasteiger partial charge in [-0.25, -0.2) is 0 Å². The maximum absolute atomic E-state index is 14.9. The fraction of sp³-hybridized carbons (Fsp3) is 0.508. The molecule has 4 fully saturated rings. The van der Waals surface area contributed by atoms with Crippen LogP contribution < -0.4 is 26.4 Å². The molecule has 9 N–H and O–H groups in total. The lowest BCUT2D eigenvalue weighted by molar-refractivity contribution is -0.137. The number of methoxy groups -OCH3 is 1. The number of carbonyl (C=O) groups excluding carboxylic acids is 2.